The maximum absolute atomic E-state index is 12.7. The first-order valence-electron chi connectivity index (χ1n) is 4.89. The van der Waals surface area contributed by atoms with Gasteiger partial charge in [0.15, 0.2) is 0 Å². The van der Waals surface area contributed by atoms with E-state index < -0.39 is 0 Å². The van der Waals surface area contributed by atoms with Crippen molar-refractivity contribution in [2.45, 2.75) is 6.54 Å². The van der Waals surface area contributed by atoms with Gasteiger partial charge < -0.3 is 5.73 Å². The Morgan fingerprint density at radius 3 is 2.50 bits per heavy atom. The highest BCUT2D eigenvalue weighted by atomic mass is 19.1. The second-order valence-corrected chi connectivity index (χ2v) is 3.39. The van der Waals surface area contributed by atoms with E-state index in [2.05, 4.69) is 0 Å². The van der Waals surface area contributed by atoms with Gasteiger partial charge in [-0.1, -0.05) is 6.07 Å². The van der Waals surface area contributed by atoms with Gasteiger partial charge in [0.25, 0.3) is 5.56 Å². The minimum absolute atomic E-state index is 0.170. The SMILES string of the molecule is NCc1cccn(-c2ccc(F)cc2)c1=O. The Balaban J connectivity index is 2.56. The molecule has 0 bridgehead atoms. The summed E-state index contributed by atoms with van der Waals surface area (Å²) >= 11 is 0. The second-order valence-electron chi connectivity index (χ2n) is 3.39. The van der Waals surface area contributed by atoms with Crippen molar-refractivity contribution in [1.82, 2.24) is 4.57 Å². The standard InChI is InChI=1S/C12H11FN2O/c13-10-3-5-11(6-4-10)15-7-1-2-9(8-14)12(15)16/h1-7H,8,14H2. The molecule has 0 fully saturated rings. The van der Waals surface area contributed by atoms with Gasteiger partial charge in [0.2, 0.25) is 0 Å². The van der Waals surface area contributed by atoms with Gasteiger partial charge in [-0.2, -0.15) is 0 Å². The molecule has 4 heteroatoms. The summed E-state index contributed by atoms with van der Waals surface area (Å²) in [5, 5.41) is 0. The van der Waals surface area contributed by atoms with Crippen molar-refractivity contribution in [2.24, 2.45) is 5.73 Å². The first-order valence-corrected chi connectivity index (χ1v) is 4.89. The van der Waals surface area contributed by atoms with E-state index in [1.807, 2.05) is 0 Å². The molecule has 1 aromatic heterocycles. The van der Waals surface area contributed by atoms with Crippen molar-refractivity contribution in [3.8, 4) is 5.69 Å². The van der Waals surface area contributed by atoms with Crippen LogP contribution in [0.15, 0.2) is 47.4 Å². The Hall–Kier alpha value is -1.94. The van der Waals surface area contributed by atoms with Crippen LogP contribution < -0.4 is 11.3 Å². The molecule has 0 aliphatic heterocycles. The van der Waals surface area contributed by atoms with Gasteiger partial charge >= 0.3 is 0 Å². The fourth-order valence-corrected chi connectivity index (χ4v) is 1.50. The number of hydrogen-bond donors (Lipinski definition) is 1. The molecule has 0 amide bonds. The summed E-state index contributed by atoms with van der Waals surface area (Å²) in [6, 6.07) is 9.16. The molecule has 0 aliphatic carbocycles. The van der Waals surface area contributed by atoms with Crippen LogP contribution in [0.1, 0.15) is 5.56 Å². The zero-order valence-electron chi connectivity index (χ0n) is 8.56. The number of pyridine rings is 1. The summed E-state index contributed by atoms with van der Waals surface area (Å²) in [5.41, 5.74) is 6.44. The number of halogens is 1. The Morgan fingerprint density at radius 1 is 1.19 bits per heavy atom. The summed E-state index contributed by atoms with van der Waals surface area (Å²) in [5.74, 6) is -0.327. The molecule has 3 nitrogen and oxygen atoms in total. The lowest BCUT2D eigenvalue weighted by atomic mass is 10.2. The molecule has 0 atom stereocenters. The van der Waals surface area contributed by atoms with Crippen LogP contribution >= 0.6 is 0 Å². The van der Waals surface area contributed by atoms with E-state index in [1.54, 1.807) is 30.5 Å². The molecule has 2 rings (SSSR count). The molecule has 82 valence electrons. The van der Waals surface area contributed by atoms with Crippen LogP contribution in [0.3, 0.4) is 0 Å². The zero-order valence-corrected chi connectivity index (χ0v) is 8.56. The van der Waals surface area contributed by atoms with Crippen LogP contribution in [-0.2, 0) is 6.54 Å². The van der Waals surface area contributed by atoms with Gasteiger partial charge in [0.05, 0.1) is 0 Å². The summed E-state index contributed by atoms with van der Waals surface area (Å²) < 4.78 is 14.2. The molecular weight excluding hydrogens is 207 g/mol. The number of rotatable bonds is 2. The van der Waals surface area contributed by atoms with Crippen molar-refractivity contribution in [3.63, 3.8) is 0 Å². The number of benzene rings is 1. The van der Waals surface area contributed by atoms with Crippen molar-refractivity contribution in [3.05, 3.63) is 64.3 Å². The Labute approximate surface area is 92.0 Å². The highest BCUT2D eigenvalue weighted by Gasteiger charge is 2.03. The molecule has 0 spiro atoms. The van der Waals surface area contributed by atoms with Gasteiger partial charge in [-0.25, -0.2) is 4.39 Å². The molecule has 1 heterocycles. The third kappa shape index (κ3) is 1.87. The Bertz CT molecular complexity index is 546. The molecule has 16 heavy (non-hydrogen) atoms. The topological polar surface area (TPSA) is 48.0 Å². The predicted octanol–water partition coefficient (Wildman–Crippen LogP) is 1.44. The number of nitrogens with two attached hydrogens (primary N) is 1. The molecule has 2 aromatic rings. The lowest BCUT2D eigenvalue weighted by Gasteiger charge is -2.06. The highest BCUT2D eigenvalue weighted by Crippen LogP contribution is 2.06. The first kappa shape index (κ1) is 10.6. The van der Waals surface area contributed by atoms with Crippen LogP contribution in [-0.4, -0.2) is 4.57 Å². The minimum atomic E-state index is -0.327. The van der Waals surface area contributed by atoms with Crippen molar-refractivity contribution >= 4 is 0 Å². The molecular formula is C12H11FN2O. The van der Waals surface area contributed by atoms with Crippen molar-refractivity contribution in [2.75, 3.05) is 0 Å². The lowest BCUT2D eigenvalue weighted by Crippen LogP contribution is -2.23. The van der Waals surface area contributed by atoms with Gasteiger partial charge in [-0.05, 0) is 30.3 Å². The maximum atomic E-state index is 12.7. The molecule has 0 saturated heterocycles. The number of nitrogens with zero attached hydrogens (tertiary/aromatic N) is 1. The fraction of sp³-hybridized carbons (Fsp3) is 0.0833. The number of hydrogen-bond acceptors (Lipinski definition) is 2. The summed E-state index contributed by atoms with van der Waals surface area (Å²) in [6.45, 7) is 0.195. The molecule has 0 unspecified atom stereocenters. The minimum Gasteiger partial charge on any atom is -0.326 e. The van der Waals surface area contributed by atoms with Gasteiger partial charge in [-0.15, -0.1) is 0 Å². The third-order valence-electron chi connectivity index (χ3n) is 2.35. The molecule has 0 aliphatic rings. The third-order valence-corrected chi connectivity index (χ3v) is 2.35. The Morgan fingerprint density at radius 2 is 1.88 bits per heavy atom. The van der Waals surface area contributed by atoms with Crippen LogP contribution in [0.5, 0.6) is 0 Å². The molecule has 0 radical (unpaired) electrons. The zero-order chi connectivity index (χ0) is 11.5. The van der Waals surface area contributed by atoms with E-state index in [4.69, 9.17) is 5.73 Å². The lowest BCUT2D eigenvalue weighted by molar-refractivity contribution is 0.627. The Kier molecular flexibility index (Phi) is 2.83. The fourth-order valence-electron chi connectivity index (χ4n) is 1.50. The summed E-state index contributed by atoms with van der Waals surface area (Å²) in [7, 11) is 0. The monoisotopic (exact) mass is 218 g/mol. The normalized spacial score (nSPS) is 10.4. The second kappa shape index (κ2) is 4.28. The summed E-state index contributed by atoms with van der Waals surface area (Å²) in [4.78, 5) is 11.9. The van der Waals surface area contributed by atoms with E-state index in [0.29, 0.717) is 11.3 Å². The molecule has 2 N–H and O–H groups in total. The molecule has 1 aromatic carbocycles. The van der Waals surface area contributed by atoms with Gasteiger partial charge in [0.1, 0.15) is 5.82 Å². The predicted molar refractivity (Wildman–Crippen MR) is 59.9 cm³/mol. The van der Waals surface area contributed by atoms with E-state index in [0.717, 1.165) is 0 Å². The average Bonchev–Trinajstić information content (AvgIpc) is 2.31. The number of aromatic nitrogens is 1. The van der Waals surface area contributed by atoms with Crippen molar-refractivity contribution in [1.29, 1.82) is 0 Å². The van der Waals surface area contributed by atoms with Gasteiger partial charge in [-0.3, -0.25) is 9.36 Å². The van der Waals surface area contributed by atoms with Crippen molar-refractivity contribution < 1.29 is 4.39 Å². The molecule has 0 saturated carbocycles. The maximum Gasteiger partial charge on any atom is 0.259 e. The van der Waals surface area contributed by atoms with E-state index >= 15 is 0 Å². The quantitative estimate of drug-likeness (QED) is 0.829. The largest absolute Gasteiger partial charge is 0.326 e. The van der Waals surface area contributed by atoms with Crippen LogP contribution in [0.25, 0.3) is 5.69 Å². The first-order chi connectivity index (χ1) is 7.72. The van der Waals surface area contributed by atoms with E-state index in [-0.39, 0.29) is 17.9 Å². The summed E-state index contributed by atoms with van der Waals surface area (Å²) in [6.07, 6.45) is 1.63. The van der Waals surface area contributed by atoms with E-state index in [1.165, 1.54) is 16.7 Å². The smallest absolute Gasteiger partial charge is 0.259 e. The van der Waals surface area contributed by atoms with E-state index in [9.17, 15) is 9.18 Å². The van der Waals surface area contributed by atoms with Crippen LogP contribution in [0, 0.1) is 5.82 Å². The van der Waals surface area contributed by atoms with Crippen LogP contribution in [0.4, 0.5) is 4.39 Å². The van der Waals surface area contributed by atoms with Gasteiger partial charge in [0, 0.05) is 24.0 Å². The van der Waals surface area contributed by atoms with Crippen LogP contribution in [0.2, 0.25) is 0 Å². The highest BCUT2D eigenvalue weighted by molar-refractivity contribution is 5.33. The average molecular weight is 218 g/mol.